The highest BCUT2D eigenvalue weighted by molar-refractivity contribution is 7.99. The van der Waals surface area contributed by atoms with Crippen molar-refractivity contribution in [3.05, 3.63) is 57.9 Å². The molecule has 0 amide bonds. The predicted molar refractivity (Wildman–Crippen MR) is 109 cm³/mol. The maximum absolute atomic E-state index is 12.6. The Balaban J connectivity index is 1.92. The molecule has 0 unspecified atom stereocenters. The van der Waals surface area contributed by atoms with Gasteiger partial charge in [-0.3, -0.25) is 9.59 Å². The number of aryl methyl sites for hydroxylation is 2. The maximum Gasteiger partial charge on any atom is 0.339 e. The van der Waals surface area contributed by atoms with Gasteiger partial charge in [-0.1, -0.05) is 29.8 Å². The molecule has 1 N–H and O–H groups in total. The smallest absolute Gasteiger partial charge is 0.339 e. The molecule has 0 aliphatic rings. The number of ketones is 1. The predicted octanol–water partition coefficient (Wildman–Crippen LogP) is 3.77. The number of hydrogen-bond donors (Lipinski definition) is 1. The quantitative estimate of drug-likeness (QED) is 0.533. The number of rotatable bonds is 8. The summed E-state index contributed by atoms with van der Waals surface area (Å²) in [5, 5.41) is 0. The van der Waals surface area contributed by atoms with E-state index in [2.05, 4.69) is 4.98 Å². The molecular formula is C21H25NO5S. The molecule has 1 aromatic carbocycles. The van der Waals surface area contributed by atoms with E-state index in [-0.39, 0.29) is 17.2 Å². The summed E-state index contributed by atoms with van der Waals surface area (Å²) in [4.78, 5) is 39.5. The second-order valence-electron chi connectivity index (χ2n) is 6.59. The number of esters is 2. The van der Waals surface area contributed by atoms with Crippen LogP contribution in [0.2, 0.25) is 0 Å². The van der Waals surface area contributed by atoms with Crippen LogP contribution in [0.3, 0.4) is 0 Å². The number of H-pyrrole nitrogens is 1. The molecule has 0 saturated heterocycles. The van der Waals surface area contributed by atoms with Crippen LogP contribution in [0.25, 0.3) is 0 Å². The van der Waals surface area contributed by atoms with E-state index >= 15 is 0 Å². The first-order valence-electron chi connectivity index (χ1n) is 8.89. The van der Waals surface area contributed by atoms with E-state index in [0.717, 1.165) is 5.56 Å². The summed E-state index contributed by atoms with van der Waals surface area (Å²) in [6.07, 6.45) is -0.949. The molecule has 28 heavy (non-hydrogen) atoms. The number of methoxy groups -OCH3 is 1. The van der Waals surface area contributed by atoms with Crippen molar-refractivity contribution in [2.75, 3.05) is 12.9 Å². The molecule has 0 radical (unpaired) electrons. The van der Waals surface area contributed by atoms with Crippen LogP contribution in [0.5, 0.6) is 0 Å². The topological polar surface area (TPSA) is 85.5 Å². The van der Waals surface area contributed by atoms with Gasteiger partial charge in [0.25, 0.3) is 0 Å². The molecule has 0 fully saturated rings. The van der Waals surface area contributed by atoms with E-state index in [4.69, 9.17) is 9.47 Å². The SMILES string of the molecule is COC(=O)c1c(C)[nH]c(C(=O)[C@@H](C)OC(=O)CSCc2ccc(C)cc2)c1C. The molecule has 0 bridgehead atoms. The molecule has 2 aromatic rings. The summed E-state index contributed by atoms with van der Waals surface area (Å²) >= 11 is 1.43. The minimum absolute atomic E-state index is 0.154. The normalized spacial score (nSPS) is 11.8. The number of benzene rings is 1. The zero-order chi connectivity index (χ0) is 20.8. The van der Waals surface area contributed by atoms with Crippen LogP contribution in [0.15, 0.2) is 24.3 Å². The van der Waals surface area contributed by atoms with Crippen LogP contribution in [0, 0.1) is 20.8 Å². The Morgan fingerprint density at radius 2 is 1.75 bits per heavy atom. The number of Topliss-reactive ketones (excluding diaryl/α,β-unsaturated/α-hetero) is 1. The summed E-state index contributed by atoms with van der Waals surface area (Å²) in [7, 11) is 1.29. The fourth-order valence-corrected chi connectivity index (χ4v) is 3.59. The van der Waals surface area contributed by atoms with E-state index in [1.807, 2.05) is 31.2 Å². The number of thioether (sulfide) groups is 1. The minimum atomic E-state index is -0.949. The van der Waals surface area contributed by atoms with Gasteiger partial charge in [-0.15, -0.1) is 11.8 Å². The van der Waals surface area contributed by atoms with Crippen LogP contribution in [0.1, 0.15) is 50.2 Å². The Labute approximate surface area is 169 Å². The third-order valence-corrected chi connectivity index (χ3v) is 5.34. The first-order chi connectivity index (χ1) is 13.2. The number of aromatic nitrogens is 1. The van der Waals surface area contributed by atoms with Gasteiger partial charge in [0.15, 0.2) is 6.10 Å². The zero-order valence-electron chi connectivity index (χ0n) is 16.8. The minimum Gasteiger partial charge on any atom is -0.465 e. The standard InChI is InChI=1S/C21H25NO5S/c1-12-6-8-16(9-7-12)10-28-11-17(23)27-15(4)20(24)19-13(2)18(14(3)22-19)21(25)26-5/h6-9,15,22H,10-11H2,1-5H3/t15-/m1/s1. The van der Waals surface area contributed by atoms with Crippen LogP contribution >= 0.6 is 11.8 Å². The number of hydrogen-bond acceptors (Lipinski definition) is 6. The second-order valence-corrected chi connectivity index (χ2v) is 7.58. The Morgan fingerprint density at radius 1 is 1.11 bits per heavy atom. The van der Waals surface area contributed by atoms with Gasteiger partial charge in [0.1, 0.15) is 0 Å². The van der Waals surface area contributed by atoms with Gasteiger partial charge >= 0.3 is 11.9 Å². The highest BCUT2D eigenvalue weighted by Gasteiger charge is 2.27. The summed E-state index contributed by atoms with van der Waals surface area (Å²) in [5.41, 5.74) is 3.93. The van der Waals surface area contributed by atoms with Crippen LogP contribution in [-0.2, 0) is 20.0 Å². The van der Waals surface area contributed by atoms with Gasteiger partial charge in [0.2, 0.25) is 5.78 Å². The van der Waals surface area contributed by atoms with Gasteiger partial charge < -0.3 is 14.5 Å². The number of carbonyl (C=O) groups is 3. The molecule has 6 nitrogen and oxygen atoms in total. The summed E-state index contributed by atoms with van der Waals surface area (Å²) in [6.45, 7) is 6.90. The summed E-state index contributed by atoms with van der Waals surface area (Å²) in [5.74, 6) is -0.501. The average molecular weight is 404 g/mol. The largest absolute Gasteiger partial charge is 0.465 e. The molecule has 1 aromatic heterocycles. The Hall–Kier alpha value is -2.54. The lowest BCUT2D eigenvalue weighted by Crippen LogP contribution is -2.26. The van der Waals surface area contributed by atoms with E-state index in [1.54, 1.807) is 13.8 Å². The highest BCUT2D eigenvalue weighted by Crippen LogP contribution is 2.21. The highest BCUT2D eigenvalue weighted by atomic mass is 32.2. The third-order valence-electron chi connectivity index (χ3n) is 4.36. The molecule has 0 aliphatic carbocycles. The number of aromatic amines is 1. The molecule has 0 saturated carbocycles. The van der Waals surface area contributed by atoms with Crippen LogP contribution < -0.4 is 0 Å². The van der Waals surface area contributed by atoms with Crippen molar-refractivity contribution in [3.63, 3.8) is 0 Å². The van der Waals surface area contributed by atoms with E-state index in [9.17, 15) is 14.4 Å². The summed E-state index contributed by atoms with van der Waals surface area (Å²) < 4.78 is 10.0. The molecular weight excluding hydrogens is 378 g/mol. The lowest BCUT2D eigenvalue weighted by atomic mass is 10.1. The molecule has 1 heterocycles. The summed E-state index contributed by atoms with van der Waals surface area (Å²) in [6, 6.07) is 8.10. The lowest BCUT2D eigenvalue weighted by molar-refractivity contribution is -0.143. The molecule has 7 heteroatoms. The van der Waals surface area contributed by atoms with Crippen molar-refractivity contribution in [2.45, 2.75) is 39.6 Å². The van der Waals surface area contributed by atoms with Gasteiger partial charge in [0, 0.05) is 11.4 Å². The number of nitrogens with one attached hydrogen (secondary N) is 1. The van der Waals surface area contributed by atoms with Gasteiger partial charge in [-0.25, -0.2) is 4.79 Å². The van der Waals surface area contributed by atoms with Gasteiger partial charge in [-0.05, 0) is 38.8 Å². The van der Waals surface area contributed by atoms with Crippen LogP contribution in [-0.4, -0.2) is 41.7 Å². The van der Waals surface area contributed by atoms with E-state index < -0.39 is 18.0 Å². The molecule has 2 rings (SSSR count). The van der Waals surface area contributed by atoms with Crippen molar-refractivity contribution in [1.29, 1.82) is 0 Å². The van der Waals surface area contributed by atoms with Gasteiger partial charge in [0.05, 0.1) is 24.1 Å². The molecule has 1 atom stereocenters. The average Bonchev–Trinajstić information content (AvgIpc) is 2.96. The van der Waals surface area contributed by atoms with Crippen molar-refractivity contribution < 1.29 is 23.9 Å². The maximum atomic E-state index is 12.6. The lowest BCUT2D eigenvalue weighted by Gasteiger charge is -2.12. The fourth-order valence-electron chi connectivity index (χ4n) is 2.83. The van der Waals surface area contributed by atoms with Crippen molar-refractivity contribution >= 4 is 29.5 Å². The molecule has 150 valence electrons. The molecule has 0 aliphatic heterocycles. The number of ether oxygens (including phenoxy) is 2. The van der Waals surface area contributed by atoms with Crippen molar-refractivity contribution in [2.24, 2.45) is 0 Å². The first kappa shape index (κ1) is 21.8. The monoisotopic (exact) mass is 403 g/mol. The van der Waals surface area contributed by atoms with Gasteiger partial charge in [-0.2, -0.15) is 0 Å². The Bertz CT molecular complexity index is 870. The van der Waals surface area contributed by atoms with E-state index in [0.29, 0.717) is 22.6 Å². The molecule has 0 spiro atoms. The third kappa shape index (κ3) is 5.25. The van der Waals surface area contributed by atoms with E-state index in [1.165, 1.54) is 31.4 Å². The second kappa shape index (κ2) is 9.59. The van der Waals surface area contributed by atoms with Crippen LogP contribution in [0.4, 0.5) is 0 Å². The Morgan fingerprint density at radius 3 is 2.36 bits per heavy atom. The fraction of sp³-hybridized carbons (Fsp3) is 0.381. The van der Waals surface area contributed by atoms with Crippen molar-refractivity contribution in [3.8, 4) is 0 Å². The Kier molecular flexibility index (Phi) is 7.45. The number of carbonyl (C=O) groups excluding carboxylic acids is 3. The first-order valence-corrected chi connectivity index (χ1v) is 10.0. The van der Waals surface area contributed by atoms with Crippen molar-refractivity contribution in [1.82, 2.24) is 4.98 Å². The zero-order valence-corrected chi connectivity index (χ0v) is 17.6.